The highest BCUT2D eigenvalue weighted by atomic mass is 19.1. The van der Waals surface area contributed by atoms with Crippen LogP contribution in [0.1, 0.15) is 16.8 Å². The van der Waals surface area contributed by atoms with Crippen molar-refractivity contribution in [2.45, 2.75) is 6.42 Å². The maximum atomic E-state index is 13.1. The molecule has 1 saturated heterocycles. The van der Waals surface area contributed by atoms with E-state index in [1.54, 1.807) is 4.90 Å². The van der Waals surface area contributed by atoms with Gasteiger partial charge in [0, 0.05) is 13.1 Å². The molecule has 1 aromatic carbocycles. The molecule has 0 bridgehead atoms. The fraction of sp³-hybridized carbons (Fsp3) is 0.462. The third-order valence-corrected chi connectivity index (χ3v) is 3.45. The van der Waals surface area contributed by atoms with Crippen molar-refractivity contribution in [3.05, 3.63) is 39.7 Å². The number of hydrogen-bond donors (Lipinski definition) is 1. The molecule has 1 N–H and O–H groups in total. The molecule has 1 unspecified atom stereocenters. The number of hydrogen-bond acceptors (Lipinski definition) is 4. The average molecular weight is 281 g/mol. The summed E-state index contributed by atoms with van der Waals surface area (Å²) >= 11 is 0. The zero-order chi connectivity index (χ0) is 14.7. The smallest absolute Gasteiger partial charge is 0.285 e. The van der Waals surface area contributed by atoms with Crippen LogP contribution in [0.5, 0.6) is 0 Å². The topological polar surface area (TPSA) is 75.5 Å². The van der Waals surface area contributed by atoms with Gasteiger partial charge in [0.25, 0.3) is 11.6 Å². The number of nitrogens with zero attached hydrogens (tertiary/aromatic N) is 2. The van der Waals surface area contributed by atoms with Crippen molar-refractivity contribution in [2.75, 3.05) is 26.7 Å². The molecule has 108 valence electrons. The second kappa shape index (κ2) is 5.96. The molecule has 0 aromatic heterocycles. The van der Waals surface area contributed by atoms with Crippen molar-refractivity contribution in [2.24, 2.45) is 5.92 Å². The van der Waals surface area contributed by atoms with E-state index in [0.717, 1.165) is 25.1 Å². The van der Waals surface area contributed by atoms with Gasteiger partial charge in [-0.1, -0.05) is 0 Å². The molecule has 1 fully saturated rings. The lowest BCUT2D eigenvalue weighted by Gasteiger charge is -2.16. The minimum atomic E-state index is -0.725. The van der Waals surface area contributed by atoms with E-state index in [1.807, 2.05) is 7.05 Å². The molecular formula is C13H16FN3O3. The number of likely N-dealkylation sites (tertiary alicyclic amines) is 1. The first kappa shape index (κ1) is 14.4. The number of benzene rings is 1. The molecule has 0 saturated carbocycles. The van der Waals surface area contributed by atoms with Gasteiger partial charge in [0.15, 0.2) is 0 Å². The molecular weight excluding hydrogens is 265 g/mol. The van der Waals surface area contributed by atoms with E-state index in [4.69, 9.17) is 0 Å². The minimum Gasteiger partial charge on any atom is -0.338 e. The van der Waals surface area contributed by atoms with E-state index in [0.29, 0.717) is 19.0 Å². The third kappa shape index (κ3) is 2.93. The van der Waals surface area contributed by atoms with Gasteiger partial charge in [-0.3, -0.25) is 14.9 Å². The summed E-state index contributed by atoms with van der Waals surface area (Å²) in [5.41, 5.74) is -0.534. The number of halogens is 1. The monoisotopic (exact) mass is 281 g/mol. The summed E-state index contributed by atoms with van der Waals surface area (Å²) < 4.78 is 13.1. The zero-order valence-electron chi connectivity index (χ0n) is 11.1. The van der Waals surface area contributed by atoms with Crippen molar-refractivity contribution in [3.8, 4) is 0 Å². The number of carbonyl (C=O) groups is 1. The molecule has 0 radical (unpaired) electrons. The molecule has 2 rings (SSSR count). The zero-order valence-corrected chi connectivity index (χ0v) is 11.1. The van der Waals surface area contributed by atoms with Gasteiger partial charge < -0.3 is 10.2 Å². The van der Waals surface area contributed by atoms with Crippen LogP contribution in [0.15, 0.2) is 18.2 Å². The third-order valence-electron chi connectivity index (χ3n) is 3.45. The quantitative estimate of drug-likeness (QED) is 0.669. The van der Waals surface area contributed by atoms with Gasteiger partial charge in [0.1, 0.15) is 11.4 Å². The largest absolute Gasteiger partial charge is 0.338 e. The van der Waals surface area contributed by atoms with Crippen LogP contribution in [0.4, 0.5) is 10.1 Å². The summed E-state index contributed by atoms with van der Waals surface area (Å²) in [6.07, 6.45) is 0.863. The Kier molecular flexibility index (Phi) is 4.29. The summed E-state index contributed by atoms with van der Waals surface area (Å²) in [5.74, 6) is -0.776. The van der Waals surface area contributed by atoms with E-state index in [2.05, 4.69) is 5.32 Å². The number of nitro groups is 1. The lowest BCUT2D eigenvalue weighted by molar-refractivity contribution is -0.385. The highest BCUT2D eigenvalue weighted by Gasteiger charge is 2.30. The average Bonchev–Trinajstić information content (AvgIpc) is 2.87. The fourth-order valence-electron chi connectivity index (χ4n) is 2.48. The van der Waals surface area contributed by atoms with Crippen LogP contribution < -0.4 is 5.32 Å². The molecule has 1 heterocycles. The molecule has 0 spiro atoms. The molecule has 1 atom stereocenters. The number of rotatable bonds is 4. The normalized spacial score (nSPS) is 18.3. The van der Waals surface area contributed by atoms with Gasteiger partial charge in [-0.05, 0) is 38.1 Å². The number of nitro benzene ring substituents is 1. The molecule has 1 aromatic rings. The van der Waals surface area contributed by atoms with E-state index in [1.165, 1.54) is 6.07 Å². The second-order valence-electron chi connectivity index (χ2n) is 4.88. The van der Waals surface area contributed by atoms with E-state index in [-0.39, 0.29) is 5.56 Å². The van der Waals surface area contributed by atoms with Crippen molar-refractivity contribution in [1.82, 2.24) is 10.2 Å². The number of carbonyl (C=O) groups excluding carboxylic acids is 1. The van der Waals surface area contributed by atoms with E-state index >= 15 is 0 Å². The van der Waals surface area contributed by atoms with E-state index in [9.17, 15) is 19.3 Å². The lowest BCUT2D eigenvalue weighted by Crippen LogP contribution is -2.30. The van der Waals surface area contributed by atoms with Gasteiger partial charge in [-0.25, -0.2) is 4.39 Å². The predicted octanol–water partition coefficient (Wildman–Crippen LogP) is 1.42. The van der Waals surface area contributed by atoms with Gasteiger partial charge in [-0.15, -0.1) is 0 Å². The Labute approximate surface area is 115 Å². The van der Waals surface area contributed by atoms with Crippen molar-refractivity contribution < 1.29 is 14.1 Å². The van der Waals surface area contributed by atoms with Gasteiger partial charge in [0.05, 0.1) is 11.0 Å². The van der Waals surface area contributed by atoms with Crippen LogP contribution in [0.3, 0.4) is 0 Å². The molecule has 6 nitrogen and oxygen atoms in total. The summed E-state index contributed by atoms with van der Waals surface area (Å²) in [5, 5.41) is 14.0. The minimum absolute atomic E-state index is 0.0542. The Balaban J connectivity index is 2.20. The van der Waals surface area contributed by atoms with E-state index < -0.39 is 22.3 Å². The Bertz CT molecular complexity index is 536. The highest BCUT2D eigenvalue weighted by molar-refractivity contribution is 5.98. The van der Waals surface area contributed by atoms with Crippen molar-refractivity contribution in [3.63, 3.8) is 0 Å². The van der Waals surface area contributed by atoms with Gasteiger partial charge >= 0.3 is 0 Å². The predicted molar refractivity (Wildman–Crippen MR) is 71.0 cm³/mol. The molecule has 1 aliphatic heterocycles. The van der Waals surface area contributed by atoms with Crippen LogP contribution in [0, 0.1) is 21.8 Å². The number of amides is 1. The molecule has 1 amide bonds. The van der Waals surface area contributed by atoms with Crippen molar-refractivity contribution >= 4 is 11.6 Å². The van der Waals surface area contributed by atoms with Crippen LogP contribution in [0.25, 0.3) is 0 Å². The molecule has 7 heteroatoms. The Hall–Kier alpha value is -2.02. The Morgan fingerprint density at radius 3 is 3.00 bits per heavy atom. The van der Waals surface area contributed by atoms with Crippen LogP contribution in [0.2, 0.25) is 0 Å². The van der Waals surface area contributed by atoms with Crippen molar-refractivity contribution in [1.29, 1.82) is 0 Å². The summed E-state index contributed by atoms with van der Waals surface area (Å²) in [7, 11) is 1.84. The highest BCUT2D eigenvalue weighted by Crippen LogP contribution is 2.24. The number of nitrogens with one attached hydrogen (secondary N) is 1. The maximum Gasteiger partial charge on any atom is 0.285 e. The lowest BCUT2D eigenvalue weighted by atomic mass is 10.1. The summed E-state index contributed by atoms with van der Waals surface area (Å²) in [6.45, 7) is 1.93. The second-order valence-corrected chi connectivity index (χ2v) is 4.88. The fourth-order valence-corrected chi connectivity index (χ4v) is 2.48. The summed E-state index contributed by atoms with van der Waals surface area (Å²) in [4.78, 5) is 24.1. The first-order valence-corrected chi connectivity index (χ1v) is 6.40. The Morgan fingerprint density at radius 2 is 2.35 bits per heavy atom. The van der Waals surface area contributed by atoms with Crippen LogP contribution in [-0.2, 0) is 0 Å². The van der Waals surface area contributed by atoms with Crippen LogP contribution in [-0.4, -0.2) is 42.4 Å². The Morgan fingerprint density at radius 1 is 1.60 bits per heavy atom. The molecule has 0 aliphatic carbocycles. The first-order chi connectivity index (χ1) is 9.52. The summed E-state index contributed by atoms with van der Waals surface area (Å²) in [6, 6.07) is 3.04. The SMILES string of the molecule is CNCC1CCN(C(=O)c2ccc(F)cc2[N+](=O)[O-])C1. The maximum absolute atomic E-state index is 13.1. The van der Waals surface area contributed by atoms with Crippen LogP contribution >= 0.6 is 0 Å². The van der Waals surface area contributed by atoms with Gasteiger partial charge in [-0.2, -0.15) is 0 Å². The first-order valence-electron chi connectivity index (χ1n) is 6.40. The standard InChI is InChI=1S/C13H16FN3O3/c1-15-7-9-4-5-16(8-9)13(18)11-3-2-10(14)6-12(11)17(19)20/h2-3,6,9,15H,4-5,7-8H2,1H3. The molecule has 1 aliphatic rings. The molecule has 20 heavy (non-hydrogen) atoms. The van der Waals surface area contributed by atoms with Gasteiger partial charge in [0.2, 0.25) is 0 Å².